The van der Waals surface area contributed by atoms with Gasteiger partial charge in [-0.2, -0.15) is 0 Å². The van der Waals surface area contributed by atoms with Crippen molar-refractivity contribution in [2.75, 3.05) is 20.2 Å². The van der Waals surface area contributed by atoms with Gasteiger partial charge in [-0.05, 0) is 59.2 Å². The molecule has 1 rings (SSSR count). The lowest BCUT2D eigenvalue weighted by atomic mass is 10.0. The highest BCUT2D eigenvalue weighted by Crippen LogP contribution is 2.13. The van der Waals surface area contributed by atoms with Crippen molar-refractivity contribution < 1.29 is 9.53 Å². The molecule has 0 bridgehead atoms. The number of rotatable bonds is 7. The van der Waals surface area contributed by atoms with Crippen molar-refractivity contribution in [3.05, 3.63) is 27.8 Å². The maximum atomic E-state index is 11.9. The third kappa shape index (κ3) is 6.09. The lowest BCUT2D eigenvalue weighted by Gasteiger charge is -2.21. The minimum Gasteiger partial charge on any atom is -0.484 e. The van der Waals surface area contributed by atoms with Crippen LogP contribution in [0.15, 0.2) is 24.3 Å². The molecule has 5 heteroatoms. The number of benzene rings is 1. The first-order valence-corrected chi connectivity index (χ1v) is 7.86. The van der Waals surface area contributed by atoms with Crippen molar-refractivity contribution in [2.24, 2.45) is 11.7 Å². The normalized spacial score (nSPS) is 12.3. The highest BCUT2D eigenvalue weighted by atomic mass is 127. The summed E-state index contributed by atoms with van der Waals surface area (Å²) < 4.78 is 6.61. The predicted octanol–water partition coefficient (Wildman–Crippen LogP) is 2.50. The van der Waals surface area contributed by atoms with Gasteiger partial charge in [0.05, 0.1) is 0 Å². The third-order valence-electron chi connectivity index (χ3n) is 3.26. The number of ether oxygens (including phenoxy) is 1. The van der Waals surface area contributed by atoms with Gasteiger partial charge in [-0.15, -0.1) is 0 Å². The minimum absolute atomic E-state index is 0.0282. The van der Waals surface area contributed by atoms with Crippen LogP contribution in [0.1, 0.15) is 20.3 Å². The molecule has 0 fully saturated rings. The zero-order chi connectivity index (χ0) is 15.1. The Kier molecular flexibility index (Phi) is 7.29. The highest BCUT2D eigenvalue weighted by molar-refractivity contribution is 14.1. The number of carbonyl (C=O) groups excluding carboxylic acids is 1. The zero-order valence-corrected chi connectivity index (χ0v) is 14.5. The lowest BCUT2D eigenvalue weighted by molar-refractivity contribution is -0.132. The van der Waals surface area contributed by atoms with Crippen LogP contribution >= 0.6 is 22.6 Å². The fourth-order valence-corrected chi connectivity index (χ4v) is 1.95. The first-order valence-electron chi connectivity index (χ1n) is 6.78. The summed E-state index contributed by atoms with van der Waals surface area (Å²) in [4.78, 5) is 13.6. The Morgan fingerprint density at radius 3 is 2.50 bits per heavy atom. The molecule has 0 saturated heterocycles. The van der Waals surface area contributed by atoms with Gasteiger partial charge >= 0.3 is 0 Å². The summed E-state index contributed by atoms with van der Waals surface area (Å²) >= 11 is 2.23. The largest absolute Gasteiger partial charge is 0.484 e. The summed E-state index contributed by atoms with van der Waals surface area (Å²) in [5.74, 6) is 1.12. The number of nitrogens with zero attached hydrogens (tertiary/aromatic N) is 1. The van der Waals surface area contributed by atoms with Crippen LogP contribution in [-0.2, 0) is 4.79 Å². The number of hydrogen-bond acceptors (Lipinski definition) is 3. The first-order chi connectivity index (χ1) is 9.40. The molecule has 0 aliphatic carbocycles. The van der Waals surface area contributed by atoms with Gasteiger partial charge in [0, 0.05) is 23.2 Å². The topological polar surface area (TPSA) is 55.6 Å². The predicted molar refractivity (Wildman–Crippen MR) is 89.7 cm³/mol. The lowest BCUT2D eigenvalue weighted by Crippen LogP contribution is -2.36. The van der Waals surface area contributed by atoms with Crippen LogP contribution in [0.3, 0.4) is 0 Å². The molecule has 2 N–H and O–H groups in total. The molecule has 20 heavy (non-hydrogen) atoms. The Morgan fingerprint density at radius 1 is 1.35 bits per heavy atom. The maximum absolute atomic E-state index is 11.9. The molecule has 0 aliphatic rings. The molecule has 0 saturated carbocycles. The molecule has 1 aromatic rings. The number of nitrogens with two attached hydrogens (primary N) is 1. The van der Waals surface area contributed by atoms with Gasteiger partial charge in [-0.25, -0.2) is 0 Å². The average Bonchev–Trinajstić information content (AvgIpc) is 2.43. The van der Waals surface area contributed by atoms with Gasteiger partial charge in [0.2, 0.25) is 0 Å². The molecule has 1 unspecified atom stereocenters. The van der Waals surface area contributed by atoms with E-state index in [1.807, 2.05) is 24.3 Å². The van der Waals surface area contributed by atoms with Crippen molar-refractivity contribution >= 4 is 28.5 Å². The molecule has 0 spiro atoms. The molecule has 0 aromatic heterocycles. The number of hydrogen-bond donors (Lipinski definition) is 1. The van der Waals surface area contributed by atoms with Crippen molar-refractivity contribution in [2.45, 2.75) is 26.3 Å². The zero-order valence-electron chi connectivity index (χ0n) is 12.3. The number of likely N-dealkylation sites (N-methyl/N-ethyl adjacent to an activating group) is 1. The smallest absolute Gasteiger partial charge is 0.260 e. The van der Waals surface area contributed by atoms with E-state index >= 15 is 0 Å². The summed E-state index contributed by atoms with van der Waals surface area (Å²) in [5.41, 5.74) is 5.97. The van der Waals surface area contributed by atoms with E-state index in [1.165, 1.54) is 0 Å². The van der Waals surface area contributed by atoms with Crippen LogP contribution in [0.4, 0.5) is 0 Å². The Morgan fingerprint density at radius 2 is 1.95 bits per heavy atom. The molecule has 112 valence electrons. The van der Waals surface area contributed by atoms with Crippen molar-refractivity contribution in [1.82, 2.24) is 4.90 Å². The highest BCUT2D eigenvalue weighted by Gasteiger charge is 2.13. The number of amides is 1. The SMILES string of the molecule is CC(C)C(N)CCN(C)C(=O)COc1ccc(I)cc1. The van der Waals surface area contributed by atoms with Crippen molar-refractivity contribution in [3.63, 3.8) is 0 Å². The van der Waals surface area contributed by atoms with Crippen LogP contribution in [0, 0.1) is 9.49 Å². The molecule has 0 aliphatic heterocycles. The van der Waals surface area contributed by atoms with E-state index in [4.69, 9.17) is 10.5 Å². The molecule has 1 amide bonds. The standard InChI is InChI=1S/C15H23IN2O2/c1-11(2)14(17)8-9-18(3)15(19)10-20-13-6-4-12(16)5-7-13/h4-7,11,14H,8-10,17H2,1-3H3. The summed E-state index contributed by atoms with van der Waals surface area (Å²) in [7, 11) is 1.78. The summed E-state index contributed by atoms with van der Waals surface area (Å²) in [6.07, 6.45) is 0.809. The Hall–Kier alpha value is -0.820. The van der Waals surface area contributed by atoms with Gasteiger partial charge in [0.25, 0.3) is 5.91 Å². The maximum Gasteiger partial charge on any atom is 0.260 e. The molecule has 1 atom stereocenters. The van der Waals surface area contributed by atoms with Crippen molar-refractivity contribution in [3.8, 4) is 5.75 Å². The van der Waals surface area contributed by atoms with Gasteiger partial charge in [0.1, 0.15) is 5.75 Å². The van der Waals surface area contributed by atoms with E-state index in [0.29, 0.717) is 18.2 Å². The number of carbonyl (C=O) groups is 1. The summed E-state index contributed by atoms with van der Waals surface area (Å²) in [6.45, 7) is 4.90. The molecule has 0 heterocycles. The second-order valence-electron chi connectivity index (χ2n) is 5.25. The molecule has 0 radical (unpaired) electrons. The summed E-state index contributed by atoms with van der Waals surface area (Å²) in [6, 6.07) is 7.76. The van der Waals surface area contributed by atoms with E-state index in [0.717, 1.165) is 9.99 Å². The van der Waals surface area contributed by atoms with E-state index in [9.17, 15) is 4.79 Å². The molecular formula is C15H23IN2O2. The monoisotopic (exact) mass is 390 g/mol. The van der Waals surface area contributed by atoms with Crippen LogP contribution in [0.5, 0.6) is 5.75 Å². The molecular weight excluding hydrogens is 367 g/mol. The van der Waals surface area contributed by atoms with Crippen molar-refractivity contribution in [1.29, 1.82) is 0 Å². The van der Waals surface area contributed by atoms with E-state index in [2.05, 4.69) is 36.4 Å². The minimum atomic E-state index is -0.0282. The molecule has 4 nitrogen and oxygen atoms in total. The summed E-state index contributed by atoms with van der Waals surface area (Å²) in [5, 5.41) is 0. The molecule has 1 aromatic carbocycles. The fraction of sp³-hybridized carbons (Fsp3) is 0.533. The van der Waals surface area contributed by atoms with Crippen LogP contribution in [-0.4, -0.2) is 37.0 Å². The fourth-order valence-electron chi connectivity index (χ4n) is 1.59. The second-order valence-corrected chi connectivity index (χ2v) is 6.50. The van der Waals surface area contributed by atoms with Crippen LogP contribution in [0.25, 0.3) is 0 Å². The van der Waals surface area contributed by atoms with E-state index in [-0.39, 0.29) is 18.6 Å². The van der Waals surface area contributed by atoms with Crippen LogP contribution < -0.4 is 10.5 Å². The van der Waals surface area contributed by atoms with Gasteiger partial charge in [-0.3, -0.25) is 4.79 Å². The average molecular weight is 390 g/mol. The van der Waals surface area contributed by atoms with Crippen LogP contribution in [0.2, 0.25) is 0 Å². The second kappa shape index (κ2) is 8.46. The first kappa shape index (κ1) is 17.2. The Labute approximate surface area is 134 Å². The van der Waals surface area contributed by atoms with E-state index < -0.39 is 0 Å². The quantitative estimate of drug-likeness (QED) is 0.728. The Balaban J connectivity index is 2.33. The van der Waals surface area contributed by atoms with Gasteiger partial charge in [-0.1, -0.05) is 13.8 Å². The van der Waals surface area contributed by atoms with Gasteiger partial charge < -0.3 is 15.4 Å². The number of halogens is 1. The van der Waals surface area contributed by atoms with E-state index in [1.54, 1.807) is 11.9 Å². The van der Waals surface area contributed by atoms with Gasteiger partial charge in [0.15, 0.2) is 6.61 Å². The Bertz CT molecular complexity index is 420. The third-order valence-corrected chi connectivity index (χ3v) is 3.98.